The molecule has 1 aliphatic rings. The monoisotopic (exact) mass is 236 g/mol. The van der Waals surface area contributed by atoms with Crippen LogP contribution in [0.3, 0.4) is 0 Å². The zero-order valence-electron chi connectivity index (χ0n) is 10.4. The second kappa shape index (κ2) is 4.67. The highest BCUT2D eigenvalue weighted by atomic mass is 15.4. The fourth-order valence-electron chi connectivity index (χ4n) is 2.38. The number of benzene rings is 2. The van der Waals surface area contributed by atoms with E-state index in [0.717, 1.165) is 0 Å². The molecule has 0 aromatic heterocycles. The lowest BCUT2D eigenvalue weighted by Gasteiger charge is -2.11. The van der Waals surface area contributed by atoms with Crippen molar-refractivity contribution in [3.8, 4) is 0 Å². The van der Waals surface area contributed by atoms with Crippen molar-refractivity contribution in [1.29, 1.82) is 0 Å². The van der Waals surface area contributed by atoms with E-state index in [4.69, 9.17) is 0 Å². The highest BCUT2D eigenvalue weighted by Gasteiger charge is 2.23. The molecule has 2 nitrogen and oxygen atoms in total. The van der Waals surface area contributed by atoms with Gasteiger partial charge in [0.2, 0.25) is 0 Å². The maximum Gasteiger partial charge on any atom is 0.0740 e. The lowest BCUT2D eigenvalue weighted by Crippen LogP contribution is -2.26. The van der Waals surface area contributed by atoms with Crippen LogP contribution in [0.2, 0.25) is 0 Å². The number of hydrogen-bond acceptors (Lipinski definition) is 2. The molecule has 90 valence electrons. The molecule has 1 atom stereocenters. The fourth-order valence-corrected chi connectivity index (χ4v) is 2.38. The minimum Gasteiger partial charge on any atom is -0.320 e. The van der Waals surface area contributed by atoms with Crippen LogP contribution >= 0.6 is 0 Å². The van der Waals surface area contributed by atoms with E-state index in [2.05, 4.69) is 66.3 Å². The Labute approximate surface area is 107 Å². The Morgan fingerprint density at radius 3 is 2.11 bits per heavy atom. The second-order valence-corrected chi connectivity index (χ2v) is 4.54. The molecule has 3 rings (SSSR count). The van der Waals surface area contributed by atoms with Crippen LogP contribution in [-0.4, -0.2) is 0 Å². The lowest BCUT2D eigenvalue weighted by atomic mass is 9.98. The zero-order chi connectivity index (χ0) is 12.4. The summed E-state index contributed by atoms with van der Waals surface area (Å²) in [6, 6.07) is 21.2. The molecule has 0 bridgehead atoms. The molecular formula is C16H16N2. The average Bonchev–Trinajstić information content (AvgIpc) is 2.83. The van der Waals surface area contributed by atoms with E-state index in [1.807, 2.05) is 12.1 Å². The number of hydrazine groups is 1. The first-order chi connectivity index (χ1) is 8.86. The van der Waals surface area contributed by atoms with Crippen molar-refractivity contribution in [1.82, 2.24) is 10.9 Å². The molecule has 0 spiro atoms. The summed E-state index contributed by atoms with van der Waals surface area (Å²) < 4.78 is 0. The molecule has 0 aliphatic carbocycles. The van der Waals surface area contributed by atoms with Gasteiger partial charge in [0.05, 0.1) is 11.7 Å². The first-order valence-corrected chi connectivity index (χ1v) is 6.19. The third kappa shape index (κ3) is 1.91. The predicted molar refractivity (Wildman–Crippen MR) is 74.5 cm³/mol. The van der Waals surface area contributed by atoms with E-state index in [1.54, 1.807) is 0 Å². The maximum absolute atomic E-state index is 3.35. The van der Waals surface area contributed by atoms with Gasteiger partial charge < -0.3 is 5.43 Å². The second-order valence-electron chi connectivity index (χ2n) is 4.54. The topological polar surface area (TPSA) is 24.1 Å². The highest BCUT2D eigenvalue weighted by molar-refractivity contribution is 5.69. The number of nitrogens with one attached hydrogen (secondary N) is 2. The van der Waals surface area contributed by atoms with Crippen LogP contribution in [0.15, 0.2) is 66.2 Å². The van der Waals surface area contributed by atoms with Crippen LogP contribution in [-0.2, 0) is 0 Å². The molecule has 1 heterocycles. The summed E-state index contributed by atoms with van der Waals surface area (Å²) in [5.41, 5.74) is 11.7. The van der Waals surface area contributed by atoms with Gasteiger partial charge in [-0.25, -0.2) is 5.43 Å². The first-order valence-electron chi connectivity index (χ1n) is 6.19. The van der Waals surface area contributed by atoms with Crippen molar-refractivity contribution in [2.45, 2.75) is 13.0 Å². The third-order valence-corrected chi connectivity index (χ3v) is 3.36. The van der Waals surface area contributed by atoms with E-state index in [0.29, 0.717) is 0 Å². The van der Waals surface area contributed by atoms with Crippen LogP contribution in [0.25, 0.3) is 5.70 Å². The van der Waals surface area contributed by atoms with E-state index < -0.39 is 0 Å². The molecule has 0 radical (unpaired) electrons. The van der Waals surface area contributed by atoms with Gasteiger partial charge in [-0.1, -0.05) is 60.7 Å². The third-order valence-electron chi connectivity index (χ3n) is 3.36. The van der Waals surface area contributed by atoms with Gasteiger partial charge in [0.25, 0.3) is 0 Å². The van der Waals surface area contributed by atoms with Gasteiger partial charge in [0.1, 0.15) is 0 Å². The normalized spacial score (nSPS) is 18.8. The molecule has 0 fully saturated rings. The number of rotatable bonds is 2. The van der Waals surface area contributed by atoms with Crippen LogP contribution < -0.4 is 10.9 Å². The standard InChI is InChI=1S/C16H16N2/c1-12-15(13-8-4-2-5-9-13)17-18-16(12)14-10-6-3-7-11-14/h2-11,15,17-18H,1H3. The summed E-state index contributed by atoms with van der Waals surface area (Å²) in [6.07, 6.45) is 0. The van der Waals surface area contributed by atoms with Crippen molar-refractivity contribution in [2.75, 3.05) is 0 Å². The molecule has 0 saturated carbocycles. The Bertz CT molecular complexity index is 558. The molecule has 2 aromatic carbocycles. The summed E-state index contributed by atoms with van der Waals surface area (Å²) in [6.45, 7) is 2.17. The molecule has 2 N–H and O–H groups in total. The molecule has 2 heteroatoms. The van der Waals surface area contributed by atoms with Crippen LogP contribution in [0.4, 0.5) is 0 Å². The van der Waals surface area contributed by atoms with Gasteiger partial charge in [-0.2, -0.15) is 0 Å². The predicted octanol–water partition coefficient (Wildman–Crippen LogP) is 3.27. The summed E-state index contributed by atoms with van der Waals surface area (Å²) >= 11 is 0. The van der Waals surface area contributed by atoms with Gasteiger partial charge in [0.15, 0.2) is 0 Å². The van der Waals surface area contributed by atoms with Crippen LogP contribution in [0, 0.1) is 0 Å². The van der Waals surface area contributed by atoms with Gasteiger partial charge >= 0.3 is 0 Å². The average molecular weight is 236 g/mol. The summed E-state index contributed by atoms with van der Waals surface area (Å²) in [7, 11) is 0. The minimum atomic E-state index is 0.251. The summed E-state index contributed by atoms with van der Waals surface area (Å²) in [5, 5.41) is 0. The van der Waals surface area contributed by atoms with E-state index in [-0.39, 0.29) is 6.04 Å². The molecule has 1 unspecified atom stereocenters. The summed E-state index contributed by atoms with van der Waals surface area (Å²) in [5.74, 6) is 0. The molecule has 1 aliphatic heterocycles. The largest absolute Gasteiger partial charge is 0.320 e. The summed E-state index contributed by atoms with van der Waals surface area (Å²) in [4.78, 5) is 0. The fraction of sp³-hybridized carbons (Fsp3) is 0.125. The van der Waals surface area contributed by atoms with Crippen LogP contribution in [0.1, 0.15) is 24.1 Å². The van der Waals surface area contributed by atoms with Crippen molar-refractivity contribution >= 4 is 5.70 Å². The SMILES string of the molecule is CC1=C(c2ccccc2)NNC1c1ccccc1. The Kier molecular flexibility index (Phi) is 2.87. The highest BCUT2D eigenvalue weighted by Crippen LogP contribution is 2.30. The first kappa shape index (κ1) is 11.1. The Hall–Kier alpha value is -2.06. The molecular weight excluding hydrogens is 220 g/mol. The van der Waals surface area contributed by atoms with E-state index >= 15 is 0 Å². The van der Waals surface area contributed by atoms with E-state index in [9.17, 15) is 0 Å². The Balaban J connectivity index is 1.97. The van der Waals surface area contributed by atoms with Gasteiger partial charge in [-0.05, 0) is 23.6 Å². The zero-order valence-corrected chi connectivity index (χ0v) is 10.4. The molecule has 0 amide bonds. The molecule has 18 heavy (non-hydrogen) atoms. The lowest BCUT2D eigenvalue weighted by molar-refractivity contribution is 0.601. The number of hydrogen-bond donors (Lipinski definition) is 2. The van der Waals surface area contributed by atoms with E-state index in [1.165, 1.54) is 22.4 Å². The van der Waals surface area contributed by atoms with Gasteiger partial charge in [0, 0.05) is 0 Å². The smallest absolute Gasteiger partial charge is 0.0740 e. The van der Waals surface area contributed by atoms with Crippen molar-refractivity contribution in [3.63, 3.8) is 0 Å². The Morgan fingerprint density at radius 2 is 1.44 bits per heavy atom. The van der Waals surface area contributed by atoms with Crippen molar-refractivity contribution in [2.24, 2.45) is 0 Å². The van der Waals surface area contributed by atoms with Crippen molar-refractivity contribution < 1.29 is 0 Å². The minimum absolute atomic E-state index is 0.251. The van der Waals surface area contributed by atoms with Crippen LogP contribution in [0.5, 0.6) is 0 Å². The molecule has 2 aromatic rings. The van der Waals surface area contributed by atoms with Crippen molar-refractivity contribution in [3.05, 3.63) is 77.4 Å². The quantitative estimate of drug-likeness (QED) is 0.836. The Morgan fingerprint density at radius 1 is 0.833 bits per heavy atom. The van der Waals surface area contributed by atoms with Gasteiger partial charge in [-0.15, -0.1) is 0 Å². The van der Waals surface area contributed by atoms with Gasteiger partial charge in [-0.3, -0.25) is 0 Å². The maximum atomic E-state index is 3.35. The molecule has 0 saturated heterocycles.